The Kier molecular flexibility index (Phi) is 8.18. The van der Waals surface area contributed by atoms with Gasteiger partial charge in [-0.1, -0.05) is 11.6 Å². The summed E-state index contributed by atoms with van der Waals surface area (Å²) in [6.07, 6.45) is 0. The first-order valence-electron chi connectivity index (χ1n) is 6.25. The Balaban J connectivity index is 2.36. The van der Waals surface area contributed by atoms with Crippen LogP contribution in [0.5, 0.6) is 0 Å². The van der Waals surface area contributed by atoms with Gasteiger partial charge >= 0.3 is 0 Å². The Labute approximate surface area is 128 Å². The molecule has 4 N–H and O–H groups in total. The fourth-order valence-electron chi connectivity index (χ4n) is 1.27. The molecule has 0 atom stereocenters. The SMILES string of the molecule is COCCOCCO/C(N)=N/C(N)=Nc1ccc(Cl)cc1. The Morgan fingerprint density at radius 3 is 2.43 bits per heavy atom. The maximum absolute atomic E-state index is 5.77. The van der Waals surface area contributed by atoms with Gasteiger partial charge in [0, 0.05) is 12.1 Å². The number of benzene rings is 1. The van der Waals surface area contributed by atoms with Crippen molar-refractivity contribution in [2.75, 3.05) is 33.5 Å². The van der Waals surface area contributed by atoms with Crippen LogP contribution in [-0.4, -0.2) is 45.5 Å². The summed E-state index contributed by atoms with van der Waals surface area (Å²) in [6, 6.07) is 6.76. The molecule has 0 spiro atoms. The van der Waals surface area contributed by atoms with E-state index in [1.54, 1.807) is 31.4 Å². The second-order valence-corrected chi connectivity index (χ2v) is 4.29. The van der Waals surface area contributed by atoms with E-state index in [1.807, 2.05) is 0 Å². The number of halogens is 1. The minimum atomic E-state index is -0.0689. The van der Waals surface area contributed by atoms with E-state index in [0.29, 0.717) is 30.5 Å². The van der Waals surface area contributed by atoms with Gasteiger partial charge in [-0.15, -0.1) is 0 Å². The normalized spacial score (nSPS) is 12.5. The molecule has 0 aromatic heterocycles. The highest BCUT2D eigenvalue weighted by Crippen LogP contribution is 2.15. The molecule has 1 rings (SSSR count). The third kappa shape index (κ3) is 8.13. The molecule has 0 heterocycles. The number of methoxy groups -OCH3 is 1. The molecule has 0 fully saturated rings. The smallest absolute Gasteiger partial charge is 0.290 e. The Morgan fingerprint density at radius 1 is 1.10 bits per heavy atom. The molecule has 0 aliphatic carbocycles. The lowest BCUT2D eigenvalue weighted by Gasteiger charge is -2.05. The molecule has 0 aliphatic heterocycles. The first kappa shape index (κ1) is 17.2. The molecule has 0 saturated carbocycles. The van der Waals surface area contributed by atoms with Crippen molar-refractivity contribution in [2.45, 2.75) is 0 Å². The summed E-state index contributed by atoms with van der Waals surface area (Å²) in [5.41, 5.74) is 11.8. The van der Waals surface area contributed by atoms with Gasteiger partial charge in [-0.2, -0.15) is 4.99 Å². The number of nitrogens with zero attached hydrogens (tertiary/aromatic N) is 2. The Bertz CT molecular complexity index is 477. The molecular formula is C13H19ClN4O3. The van der Waals surface area contributed by atoms with E-state index >= 15 is 0 Å². The van der Waals surface area contributed by atoms with Crippen molar-refractivity contribution in [1.29, 1.82) is 0 Å². The van der Waals surface area contributed by atoms with E-state index in [0.717, 1.165) is 0 Å². The van der Waals surface area contributed by atoms with Crippen molar-refractivity contribution in [3.63, 3.8) is 0 Å². The van der Waals surface area contributed by atoms with Crippen molar-refractivity contribution in [3.05, 3.63) is 29.3 Å². The van der Waals surface area contributed by atoms with Crippen LogP contribution in [0.15, 0.2) is 34.3 Å². The highest BCUT2D eigenvalue weighted by atomic mass is 35.5. The van der Waals surface area contributed by atoms with Crippen LogP contribution in [0.1, 0.15) is 0 Å². The maximum atomic E-state index is 5.77. The lowest BCUT2D eigenvalue weighted by molar-refractivity contribution is 0.0521. The summed E-state index contributed by atoms with van der Waals surface area (Å²) in [6.45, 7) is 1.68. The summed E-state index contributed by atoms with van der Waals surface area (Å²) in [5, 5.41) is 0.618. The molecule has 0 amide bonds. The van der Waals surface area contributed by atoms with E-state index in [1.165, 1.54) is 0 Å². The van der Waals surface area contributed by atoms with Crippen molar-refractivity contribution in [2.24, 2.45) is 21.5 Å². The second kappa shape index (κ2) is 9.98. The van der Waals surface area contributed by atoms with Crippen LogP contribution < -0.4 is 11.5 Å². The zero-order valence-electron chi connectivity index (χ0n) is 11.8. The molecular weight excluding hydrogens is 296 g/mol. The van der Waals surface area contributed by atoms with Gasteiger partial charge in [0.2, 0.25) is 5.96 Å². The number of guanidine groups is 1. The van der Waals surface area contributed by atoms with E-state index in [4.69, 9.17) is 37.3 Å². The van der Waals surface area contributed by atoms with Crippen LogP contribution in [0.25, 0.3) is 0 Å². The number of aliphatic imine (C=N–C) groups is 2. The number of hydrogen-bond acceptors (Lipinski definition) is 4. The first-order chi connectivity index (χ1) is 10.1. The molecule has 1 aromatic rings. The predicted octanol–water partition coefficient (Wildman–Crippen LogP) is 1.28. The van der Waals surface area contributed by atoms with Gasteiger partial charge in [-0.3, -0.25) is 0 Å². The summed E-state index contributed by atoms with van der Waals surface area (Å²) in [4.78, 5) is 7.86. The maximum Gasteiger partial charge on any atom is 0.290 e. The highest BCUT2D eigenvalue weighted by molar-refractivity contribution is 6.30. The molecule has 116 valence electrons. The van der Waals surface area contributed by atoms with Crippen LogP contribution in [0.3, 0.4) is 0 Å². The molecule has 8 heteroatoms. The zero-order chi connectivity index (χ0) is 15.5. The molecule has 1 aromatic carbocycles. The number of hydrogen-bond donors (Lipinski definition) is 2. The topological polar surface area (TPSA) is 104 Å². The monoisotopic (exact) mass is 314 g/mol. The minimum Gasteiger partial charge on any atom is -0.463 e. The molecule has 21 heavy (non-hydrogen) atoms. The number of rotatable bonds is 7. The summed E-state index contributed by atoms with van der Waals surface area (Å²) in [5.74, 6) is -0.00451. The van der Waals surface area contributed by atoms with Crippen LogP contribution in [-0.2, 0) is 14.2 Å². The Hall–Kier alpha value is -1.83. The zero-order valence-corrected chi connectivity index (χ0v) is 12.5. The van der Waals surface area contributed by atoms with Gasteiger partial charge in [0.15, 0.2) is 0 Å². The van der Waals surface area contributed by atoms with Gasteiger partial charge in [0.05, 0.1) is 25.5 Å². The first-order valence-corrected chi connectivity index (χ1v) is 6.63. The van der Waals surface area contributed by atoms with E-state index in [9.17, 15) is 0 Å². The van der Waals surface area contributed by atoms with Gasteiger partial charge in [-0.25, -0.2) is 4.99 Å². The molecule has 0 saturated heterocycles. The average Bonchev–Trinajstić information content (AvgIpc) is 2.45. The fourth-order valence-corrected chi connectivity index (χ4v) is 1.39. The minimum absolute atomic E-state index is 0.00451. The van der Waals surface area contributed by atoms with Crippen LogP contribution in [0.2, 0.25) is 5.02 Å². The van der Waals surface area contributed by atoms with Crippen molar-refractivity contribution in [3.8, 4) is 0 Å². The lowest BCUT2D eigenvalue weighted by atomic mass is 10.3. The third-order valence-corrected chi connectivity index (χ3v) is 2.46. The molecule has 7 nitrogen and oxygen atoms in total. The van der Waals surface area contributed by atoms with Crippen molar-refractivity contribution >= 4 is 29.3 Å². The number of nitrogens with two attached hydrogens (primary N) is 2. The standard InChI is InChI=1S/C13H19ClN4O3/c1-19-6-7-20-8-9-21-13(16)18-12(15)17-11-4-2-10(14)3-5-11/h2-5H,6-9H2,1H3,(H4,15,16,17,18). The summed E-state index contributed by atoms with van der Waals surface area (Å²) in [7, 11) is 1.60. The van der Waals surface area contributed by atoms with Crippen LogP contribution in [0, 0.1) is 0 Å². The van der Waals surface area contributed by atoms with E-state index < -0.39 is 0 Å². The molecule has 0 unspecified atom stereocenters. The number of amidine groups is 1. The average molecular weight is 315 g/mol. The van der Waals surface area contributed by atoms with Gasteiger partial charge < -0.3 is 25.7 Å². The highest BCUT2D eigenvalue weighted by Gasteiger charge is 1.97. The van der Waals surface area contributed by atoms with Crippen LogP contribution in [0.4, 0.5) is 5.69 Å². The molecule has 0 radical (unpaired) electrons. The third-order valence-electron chi connectivity index (χ3n) is 2.20. The van der Waals surface area contributed by atoms with Gasteiger partial charge in [-0.05, 0) is 24.3 Å². The second-order valence-electron chi connectivity index (χ2n) is 3.85. The quantitative estimate of drug-likeness (QED) is 0.448. The van der Waals surface area contributed by atoms with Crippen molar-refractivity contribution < 1.29 is 14.2 Å². The van der Waals surface area contributed by atoms with Gasteiger partial charge in [0.25, 0.3) is 6.02 Å². The fraction of sp³-hybridized carbons (Fsp3) is 0.385. The molecule has 0 bridgehead atoms. The summed E-state index contributed by atoms with van der Waals surface area (Å²) >= 11 is 5.77. The van der Waals surface area contributed by atoms with E-state index in [2.05, 4.69) is 9.98 Å². The van der Waals surface area contributed by atoms with E-state index in [-0.39, 0.29) is 18.6 Å². The Morgan fingerprint density at radius 2 is 1.76 bits per heavy atom. The largest absolute Gasteiger partial charge is 0.463 e. The predicted molar refractivity (Wildman–Crippen MR) is 83.0 cm³/mol. The molecule has 0 aliphatic rings. The number of ether oxygens (including phenoxy) is 3. The van der Waals surface area contributed by atoms with Gasteiger partial charge in [0.1, 0.15) is 6.61 Å². The lowest BCUT2D eigenvalue weighted by Crippen LogP contribution is -2.23. The summed E-state index contributed by atoms with van der Waals surface area (Å²) < 4.78 is 15.2. The van der Waals surface area contributed by atoms with Crippen molar-refractivity contribution in [1.82, 2.24) is 0 Å². The van der Waals surface area contributed by atoms with Crippen LogP contribution >= 0.6 is 11.6 Å².